The van der Waals surface area contributed by atoms with E-state index in [2.05, 4.69) is 0 Å². The number of sulfone groups is 1. The van der Waals surface area contributed by atoms with E-state index in [0.29, 0.717) is 18.7 Å². The monoisotopic (exact) mass is 355 g/mol. The Hall–Kier alpha value is -2.09. The molecule has 2 rings (SSSR count). The SMILES string of the molecule is CCN(C(=O)COC(=O)COc1ccccc1)C1CCS(=O)(=O)C1. The average molecular weight is 355 g/mol. The van der Waals surface area contributed by atoms with E-state index in [0.717, 1.165) is 0 Å². The van der Waals surface area contributed by atoms with E-state index >= 15 is 0 Å². The first-order valence-electron chi connectivity index (χ1n) is 7.74. The smallest absolute Gasteiger partial charge is 0.344 e. The van der Waals surface area contributed by atoms with Crippen molar-refractivity contribution in [2.75, 3.05) is 31.3 Å². The van der Waals surface area contributed by atoms with Gasteiger partial charge in [0.05, 0.1) is 11.5 Å². The highest BCUT2D eigenvalue weighted by Gasteiger charge is 2.34. The maximum atomic E-state index is 12.2. The van der Waals surface area contributed by atoms with Gasteiger partial charge in [-0.3, -0.25) is 4.79 Å². The molecule has 1 unspecified atom stereocenters. The average Bonchev–Trinajstić information content (AvgIpc) is 2.92. The van der Waals surface area contributed by atoms with E-state index in [1.165, 1.54) is 4.90 Å². The number of esters is 1. The Morgan fingerprint density at radius 1 is 1.21 bits per heavy atom. The van der Waals surface area contributed by atoms with Gasteiger partial charge in [0.2, 0.25) is 0 Å². The van der Waals surface area contributed by atoms with Gasteiger partial charge >= 0.3 is 5.97 Å². The minimum Gasteiger partial charge on any atom is -0.482 e. The highest BCUT2D eigenvalue weighted by molar-refractivity contribution is 7.91. The molecule has 1 atom stereocenters. The van der Waals surface area contributed by atoms with Crippen LogP contribution >= 0.6 is 0 Å². The highest BCUT2D eigenvalue weighted by atomic mass is 32.2. The first-order chi connectivity index (χ1) is 11.4. The van der Waals surface area contributed by atoms with Gasteiger partial charge in [0, 0.05) is 12.6 Å². The number of carbonyl (C=O) groups is 2. The van der Waals surface area contributed by atoms with Crippen LogP contribution in [0.5, 0.6) is 5.75 Å². The molecule has 8 heteroatoms. The van der Waals surface area contributed by atoms with Gasteiger partial charge in [0.1, 0.15) is 5.75 Å². The van der Waals surface area contributed by atoms with E-state index in [1.54, 1.807) is 31.2 Å². The molecular weight excluding hydrogens is 334 g/mol. The molecule has 0 aliphatic carbocycles. The molecule has 0 radical (unpaired) electrons. The summed E-state index contributed by atoms with van der Waals surface area (Å²) in [6, 6.07) is 8.45. The Morgan fingerprint density at radius 3 is 2.50 bits per heavy atom. The molecule has 132 valence electrons. The van der Waals surface area contributed by atoms with Gasteiger partial charge in [-0.2, -0.15) is 0 Å². The Balaban J connectivity index is 1.77. The number of hydrogen-bond donors (Lipinski definition) is 0. The van der Waals surface area contributed by atoms with Crippen molar-refractivity contribution < 1.29 is 27.5 Å². The van der Waals surface area contributed by atoms with Gasteiger partial charge < -0.3 is 14.4 Å². The lowest BCUT2D eigenvalue weighted by Crippen LogP contribution is -2.43. The number of likely N-dealkylation sites (N-methyl/N-ethyl adjacent to an activating group) is 1. The van der Waals surface area contributed by atoms with Crippen LogP contribution in [0.4, 0.5) is 0 Å². The number of carbonyl (C=O) groups excluding carboxylic acids is 2. The van der Waals surface area contributed by atoms with Crippen molar-refractivity contribution >= 4 is 21.7 Å². The zero-order valence-corrected chi connectivity index (χ0v) is 14.3. The minimum absolute atomic E-state index is 0.0301. The van der Waals surface area contributed by atoms with Gasteiger partial charge in [0.15, 0.2) is 23.1 Å². The molecule has 1 saturated heterocycles. The van der Waals surface area contributed by atoms with E-state index in [9.17, 15) is 18.0 Å². The molecule has 0 aromatic heterocycles. The van der Waals surface area contributed by atoms with Crippen LogP contribution in [0.2, 0.25) is 0 Å². The maximum Gasteiger partial charge on any atom is 0.344 e. The summed E-state index contributed by atoms with van der Waals surface area (Å²) in [5, 5.41) is 0. The first kappa shape index (κ1) is 18.3. The van der Waals surface area contributed by atoms with Crippen LogP contribution in [-0.2, 0) is 24.2 Å². The fourth-order valence-electron chi connectivity index (χ4n) is 2.59. The zero-order chi connectivity index (χ0) is 17.6. The predicted octanol–water partition coefficient (Wildman–Crippen LogP) is 0.644. The first-order valence-corrected chi connectivity index (χ1v) is 9.57. The van der Waals surface area contributed by atoms with E-state index in [1.807, 2.05) is 6.07 Å². The van der Waals surface area contributed by atoms with E-state index in [-0.39, 0.29) is 24.2 Å². The molecule has 0 N–H and O–H groups in total. The summed E-state index contributed by atoms with van der Waals surface area (Å²) in [4.78, 5) is 25.3. The van der Waals surface area contributed by atoms with E-state index in [4.69, 9.17) is 9.47 Å². The molecule has 1 fully saturated rings. The highest BCUT2D eigenvalue weighted by Crippen LogP contribution is 2.17. The van der Waals surface area contributed by atoms with Gasteiger partial charge in [-0.25, -0.2) is 13.2 Å². The summed E-state index contributed by atoms with van der Waals surface area (Å²) in [5.41, 5.74) is 0. The number of para-hydroxylation sites is 1. The van der Waals surface area contributed by atoms with Crippen LogP contribution in [0.1, 0.15) is 13.3 Å². The molecule has 1 amide bonds. The van der Waals surface area contributed by atoms with Crippen LogP contribution < -0.4 is 4.74 Å². The third-order valence-corrected chi connectivity index (χ3v) is 5.52. The number of hydrogen-bond acceptors (Lipinski definition) is 6. The molecule has 24 heavy (non-hydrogen) atoms. The number of nitrogens with zero attached hydrogens (tertiary/aromatic N) is 1. The summed E-state index contributed by atoms with van der Waals surface area (Å²) in [5.74, 6) is -0.453. The Morgan fingerprint density at radius 2 is 1.92 bits per heavy atom. The third-order valence-electron chi connectivity index (χ3n) is 3.77. The lowest BCUT2D eigenvalue weighted by atomic mass is 10.2. The van der Waals surface area contributed by atoms with Gasteiger partial charge in [0.25, 0.3) is 5.91 Å². The third kappa shape index (κ3) is 5.23. The van der Waals surface area contributed by atoms with Crippen molar-refractivity contribution in [2.45, 2.75) is 19.4 Å². The van der Waals surface area contributed by atoms with Gasteiger partial charge in [-0.05, 0) is 25.5 Å². The summed E-state index contributed by atoms with van der Waals surface area (Å²) < 4.78 is 33.2. The van der Waals surface area contributed by atoms with Crippen molar-refractivity contribution in [2.24, 2.45) is 0 Å². The molecule has 1 heterocycles. The van der Waals surface area contributed by atoms with Crippen molar-refractivity contribution in [3.05, 3.63) is 30.3 Å². The summed E-state index contributed by atoms with van der Waals surface area (Å²) >= 11 is 0. The van der Waals surface area contributed by atoms with Crippen molar-refractivity contribution in [3.8, 4) is 5.75 Å². The molecule has 1 aromatic rings. The lowest BCUT2D eigenvalue weighted by molar-refractivity contribution is -0.154. The Kier molecular flexibility index (Phi) is 6.19. The summed E-state index contributed by atoms with van der Waals surface area (Å²) in [7, 11) is -3.08. The second-order valence-electron chi connectivity index (χ2n) is 5.50. The second kappa shape index (κ2) is 8.14. The molecule has 1 aliphatic heterocycles. The lowest BCUT2D eigenvalue weighted by Gasteiger charge is -2.26. The number of benzene rings is 1. The molecular formula is C16H21NO6S. The van der Waals surface area contributed by atoms with Crippen molar-refractivity contribution in [1.82, 2.24) is 4.90 Å². The summed E-state index contributed by atoms with van der Waals surface area (Å²) in [6.07, 6.45) is 0.424. The molecule has 0 saturated carbocycles. The van der Waals surface area contributed by atoms with Crippen LogP contribution in [0.15, 0.2) is 30.3 Å². The molecule has 1 aromatic carbocycles. The topological polar surface area (TPSA) is 90.0 Å². The Labute approximate surface area is 141 Å². The largest absolute Gasteiger partial charge is 0.482 e. The quantitative estimate of drug-likeness (QED) is 0.667. The minimum atomic E-state index is -3.08. The molecule has 0 bridgehead atoms. The van der Waals surface area contributed by atoms with Crippen LogP contribution in [-0.4, -0.2) is 62.5 Å². The number of rotatable bonds is 7. The fraction of sp³-hybridized carbons (Fsp3) is 0.500. The fourth-order valence-corrected chi connectivity index (χ4v) is 4.32. The van der Waals surface area contributed by atoms with Crippen molar-refractivity contribution in [1.29, 1.82) is 0 Å². The predicted molar refractivity (Wildman–Crippen MR) is 87.3 cm³/mol. The standard InChI is InChI=1S/C16H21NO6S/c1-2-17(13-8-9-24(20,21)12-13)15(18)10-23-16(19)11-22-14-6-4-3-5-7-14/h3-7,13H,2,8-12H2,1H3. The van der Waals surface area contributed by atoms with Gasteiger partial charge in [-0.15, -0.1) is 0 Å². The molecule has 7 nitrogen and oxygen atoms in total. The van der Waals surface area contributed by atoms with Crippen molar-refractivity contribution in [3.63, 3.8) is 0 Å². The van der Waals surface area contributed by atoms with Crippen LogP contribution in [0, 0.1) is 0 Å². The summed E-state index contributed by atoms with van der Waals surface area (Å²) in [6.45, 7) is 1.43. The van der Waals surface area contributed by atoms with Crippen LogP contribution in [0.25, 0.3) is 0 Å². The van der Waals surface area contributed by atoms with Gasteiger partial charge in [-0.1, -0.05) is 18.2 Å². The maximum absolute atomic E-state index is 12.2. The second-order valence-corrected chi connectivity index (χ2v) is 7.73. The van der Waals surface area contributed by atoms with E-state index < -0.39 is 28.3 Å². The number of ether oxygens (including phenoxy) is 2. The van der Waals surface area contributed by atoms with Crippen LogP contribution in [0.3, 0.4) is 0 Å². The zero-order valence-electron chi connectivity index (χ0n) is 13.5. The Bertz CT molecular complexity index is 673. The normalized spacial score (nSPS) is 18.8. The molecule has 0 spiro atoms. The number of amides is 1. The molecule has 1 aliphatic rings.